The largest absolute Gasteiger partial charge is 0.381 e. The molecule has 1 atom stereocenters. The predicted molar refractivity (Wildman–Crippen MR) is 130 cm³/mol. The van der Waals surface area contributed by atoms with Gasteiger partial charge in [-0.3, -0.25) is 4.79 Å². The lowest BCUT2D eigenvalue weighted by Gasteiger charge is -2.32. The van der Waals surface area contributed by atoms with Crippen molar-refractivity contribution in [1.82, 2.24) is 9.62 Å². The lowest BCUT2D eigenvalue weighted by molar-refractivity contribution is -0.130. The van der Waals surface area contributed by atoms with Gasteiger partial charge in [-0.05, 0) is 41.7 Å². The molecule has 186 valence electrons. The van der Waals surface area contributed by atoms with E-state index in [4.69, 9.17) is 15.2 Å². The molecule has 9 nitrogen and oxygen atoms in total. The number of morpholine rings is 1. The van der Waals surface area contributed by atoms with Crippen LogP contribution in [0, 0.1) is 11.3 Å². The van der Waals surface area contributed by atoms with Gasteiger partial charge in [0.1, 0.15) is 6.04 Å². The molecule has 0 bridgehead atoms. The third-order valence-corrected chi connectivity index (χ3v) is 8.40. The van der Waals surface area contributed by atoms with Crippen LogP contribution in [0.25, 0.3) is 11.1 Å². The second-order valence-electron chi connectivity index (χ2n) is 8.87. The number of amides is 1. The molecular formula is C25H30N4O5S. The summed E-state index contributed by atoms with van der Waals surface area (Å²) in [6, 6.07) is 15.9. The molecule has 0 saturated carbocycles. The van der Waals surface area contributed by atoms with Gasteiger partial charge in [0.15, 0.2) is 0 Å². The highest BCUT2D eigenvalue weighted by molar-refractivity contribution is 7.89. The summed E-state index contributed by atoms with van der Waals surface area (Å²) in [4.78, 5) is 12.9. The molecule has 2 aromatic carbocycles. The smallest absolute Gasteiger partial charge is 0.243 e. The fourth-order valence-electron chi connectivity index (χ4n) is 4.22. The summed E-state index contributed by atoms with van der Waals surface area (Å²) in [5, 5.41) is 12.3. The Kier molecular flexibility index (Phi) is 7.84. The van der Waals surface area contributed by atoms with Crippen molar-refractivity contribution in [2.75, 3.05) is 39.5 Å². The number of carbonyl (C=O) groups is 1. The van der Waals surface area contributed by atoms with E-state index < -0.39 is 21.6 Å². The van der Waals surface area contributed by atoms with Crippen molar-refractivity contribution >= 4 is 15.9 Å². The molecule has 4 rings (SSSR count). The summed E-state index contributed by atoms with van der Waals surface area (Å²) in [5.41, 5.74) is 7.91. The van der Waals surface area contributed by atoms with E-state index in [1.54, 1.807) is 24.3 Å². The SMILES string of the molecule is N#C[C@H](Cc1ccc(-c2ccc(S(=O)(=O)N3CCOCC3)cc2)cc1)NC(=O)C1(N)CCOCC1. The molecule has 1 amide bonds. The molecule has 10 heteroatoms. The Morgan fingerprint density at radius 1 is 1.00 bits per heavy atom. The number of sulfonamides is 1. The Balaban J connectivity index is 1.39. The molecule has 2 fully saturated rings. The van der Waals surface area contributed by atoms with Gasteiger partial charge in [0.05, 0.1) is 29.7 Å². The molecular weight excluding hydrogens is 468 g/mol. The number of carbonyl (C=O) groups excluding carboxylic acids is 1. The first-order valence-electron chi connectivity index (χ1n) is 11.7. The number of nitrogens with one attached hydrogen (secondary N) is 1. The van der Waals surface area contributed by atoms with E-state index in [9.17, 15) is 18.5 Å². The summed E-state index contributed by atoms with van der Waals surface area (Å²) in [7, 11) is -3.53. The minimum Gasteiger partial charge on any atom is -0.381 e. The summed E-state index contributed by atoms with van der Waals surface area (Å²) in [6.45, 7) is 2.39. The number of nitrogens with two attached hydrogens (primary N) is 1. The maximum absolute atomic E-state index is 12.8. The number of benzene rings is 2. The van der Waals surface area contributed by atoms with E-state index in [0.29, 0.717) is 58.8 Å². The zero-order valence-electron chi connectivity index (χ0n) is 19.5. The molecule has 3 N–H and O–H groups in total. The molecule has 2 aliphatic heterocycles. The predicted octanol–water partition coefficient (Wildman–Crippen LogP) is 1.43. The van der Waals surface area contributed by atoms with Crippen molar-refractivity contribution in [2.45, 2.75) is 35.7 Å². The number of hydrogen-bond donors (Lipinski definition) is 2. The van der Waals surface area contributed by atoms with Crippen LogP contribution in [-0.4, -0.2) is 69.7 Å². The molecule has 0 aromatic heterocycles. The Hall–Kier alpha value is -2.81. The third kappa shape index (κ3) is 5.89. The number of hydrogen-bond acceptors (Lipinski definition) is 7. The van der Waals surface area contributed by atoms with Gasteiger partial charge in [0, 0.05) is 32.7 Å². The quantitative estimate of drug-likeness (QED) is 0.590. The van der Waals surface area contributed by atoms with Gasteiger partial charge in [-0.1, -0.05) is 36.4 Å². The fraction of sp³-hybridized carbons (Fsp3) is 0.440. The Morgan fingerprint density at radius 3 is 2.11 bits per heavy atom. The van der Waals surface area contributed by atoms with Crippen LogP contribution in [-0.2, 0) is 30.7 Å². The van der Waals surface area contributed by atoms with Gasteiger partial charge in [-0.2, -0.15) is 9.57 Å². The topological polar surface area (TPSA) is 135 Å². The van der Waals surface area contributed by atoms with Gasteiger partial charge in [-0.15, -0.1) is 0 Å². The Bertz CT molecular complexity index is 1160. The van der Waals surface area contributed by atoms with Crippen LogP contribution in [0.1, 0.15) is 18.4 Å². The first-order valence-corrected chi connectivity index (χ1v) is 13.1. The zero-order chi connectivity index (χ0) is 24.9. The number of ether oxygens (including phenoxy) is 2. The van der Waals surface area contributed by atoms with Crippen LogP contribution < -0.4 is 11.1 Å². The van der Waals surface area contributed by atoms with Gasteiger partial charge < -0.3 is 20.5 Å². The minimum absolute atomic E-state index is 0.259. The molecule has 0 spiro atoms. The van der Waals surface area contributed by atoms with Gasteiger partial charge >= 0.3 is 0 Å². The van der Waals surface area contributed by atoms with Crippen LogP contribution in [0.2, 0.25) is 0 Å². The maximum Gasteiger partial charge on any atom is 0.243 e. The summed E-state index contributed by atoms with van der Waals surface area (Å²) in [6.07, 6.45) is 1.21. The van der Waals surface area contributed by atoms with Crippen molar-refractivity contribution in [1.29, 1.82) is 5.26 Å². The molecule has 2 heterocycles. The second-order valence-corrected chi connectivity index (χ2v) is 10.8. The molecule has 2 aliphatic rings. The van der Waals surface area contributed by atoms with Crippen molar-refractivity contribution in [3.8, 4) is 17.2 Å². The van der Waals surface area contributed by atoms with Crippen LogP contribution >= 0.6 is 0 Å². The van der Waals surface area contributed by atoms with Crippen molar-refractivity contribution in [3.63, 3.8) is 0 Å². The third-order valence-electron chi connectivity index (χ3n) is 6.49. The molecule has 0 radical (unpaired) electrons. The highest BCUT2D eigenvalue weighted by atomic mass is 32.2. The molecule has 2 aromatic rings. The van der Waals surface area contributed by atoms with Crippen LogP contribution in [0.4, 0.5) is 0 Å². The molecule has 2 saturated heterocycles. The highest BCUT2D eigenvalue weighted by Gasteiger charge is 2.36. The maximum atomic E-state index is 12.8. The van der Waals surface area contributed by atoms with Gasteiger partial charge in [0.25, 0.3) is 0 Å². The molecule has 35 heavy (non-hydrogen) atoms. The number of nitrogens with zero attached hydrogens (tertiary/aromatic N) is 2. The number of nitriles is 1. The lowest BCUT2D eigenvalue weighted by Crippen LogP contribution is -2.58. The average molecular weight is 499 g/mol. The van der Waals surface area contributed by atoms with Gasteiger partial charge in [0.2, 0.25) is 15.9 Å². The van der Waals surface area contributed by atoms with E-state index in [1.165, 1.54) is 4.31 Å². The van der Waals surface area contributed by atoms with Crippen LogP contribution in [0.3, 0.4) is 0 Å². The Morgan fingerprint density at radius 2 is 1.54 bits per heavy atom. The first-order chi connectivity index (χ1) is 16.8. The van der Waals surface area contributed by atoms with Crippen LogP contribution in [0.15, 0.2) is 53.4 Å². The molecule has 0 aliphatic carbocycles. The minimum atomic E-state index is -3.53. The fourth-order valence-corrected chi connectivity index (χ4v) is 5.63. The van der Waals surface area contributed by atoms with Crippen molar-refractivity contribution in [3.05, 3.63) is 54.1 Å². The van der Waals surface area contributed by atoms with Crippen molar-refractivity contribution in [2.24, 2.45) is 5.73 Å². The van der Waals surface area contributed by atoms with E-state index in [1.807, 2.05) is 24.3 Å². The summed E-state index contributed by atoms with van der Waals surface area (Å²) >= 11 is 0. The van der Waals surface area contributed by atoms with E-state index in [2.05, 4.69) is 11.4 Å². The Labute approximate surface area is 205 Å². The normalized spacial score (nSPS) is 19.4. The van der Waals surface area contributed by atoms with Crippen LogP contribution in [0.5, 0.6) is 0 Å². The monoisotopic (exact) mass is 498 g/mol. The van der Waals surface area contributed by atoms with E-state index in [-0.39, 0.29) is 10.8 Å². The van der Waals surface area contributed by atoms with Gasteiger partial charge in [-0.25, -0.2) is 8.42 Å². The first kappa shape index (κ1) is 25.3. The summed E-state index contributed by atoms with van der Waals surface area (Å²) in [5.74, 6) is -0.323. The van der Waals surface area contributed by atoms with E-state index in [0.717, 1.165) is 16.7 Å². The second kappa shape index (κ2) is 10.8. The van der Waals surface area contributed by atoms with E-state index >= 15 is 0 Å². The zero-order valence-corrected chi connectivity index (χ0v) is 20.3. The lowest BCUT2D eigenvalue weighted by atomic mass is 9.90. The van der Waals surface area contributed by atoms with Crippen molar-refractivity contribution < 1.29 is 22.7 Å². The highest BCUT2D eigenvalue weighted by Crippen LogP contribution is 2.24. The average Bonchev–Trinajstić information content (AvgIpc) is 2.89. The number of rotatable bonds is 7. The summed E-state index contributed by atoms with van der Waals surface area (Å²) < 4.78 is 37.6. The standard InChI is InChI=1S/C25H30N4O5S/c26-18-22(28-24(30)25(27)9-13-33-14-10-25)17-19-1-3-20(4-2-19)21-5-7-23(8-6-21)35(31,32)29-11-15-34-16-12-29/h1-8,22H,9-17,27H2,(H,28,30)/t22-/m0/s1. The molecule has 0 unspecified atom stereocenters.